The highest BCUT2D eigenvalue weighted by molar-refractivity contribution is 6.13. The molecule has 7 aliphatic rings. The Kier molecular flexibility index (Phi) is 0.798. The molecule has 0 aromatic heterocycles. The maximum atomic E-state index is 12.5. The minimum absolute atomic E-state index is 0.0312. The van der Waals surface area contributed by atoms with Crippen molar-refractivity contribution in [3.63, 3.8) is 0 Å². The van der Waals surface area contributed by atoms with Gasteiger partial charge in [-0.05, 0) is 35.5 Å². The topological polar surface area (TPSA) is 46.2 Å². The fourth-order valence-corrected chi connectivity index (χ4v) is 7.06. The molecule has 4 saturated carbocycles. The molecule has 84 valence electrons. The molecule has 3 heteroatoms. The second kappa shape index (κ2) is 1.73. The first-order valence-corrected chi connectivity index (χ1v) is 6.48. The van der Waals surface area contributed by atoms with E-state index in [0.717, 1.165) is 0 Å². The van der Waals surface area contributed by atoms with Crippen LogP contribution in [0.15, 0.2) is 24.3 Å². The second-order valence-electron chi connectivity index (χ2n) is 6.55. The highest BCUT2D eigenvalue weighted by Gasteiger charge is 2.95. The molecule has 5 fully saturated rings. The molecule has 3 nitrogen and oxygen atoms in total. The summed E-state index contributed by atoms with van der Waals surface area (Å²) in [5, 5.41) is 2.66. The van der Waals surface area contributed by atoms with Crippen LogP contribution in [0.4, 0.5) is 0 Å². The Labute approximate surface area is 97.9 Å². The first-order valence-electron chi connectivity index (χ1n) is 6.48. The van der Waals surface area contributed by atoms with E-state index in [1.54, 1.807) is 0 Å². The third-order valence-corrected chi connectivity index (χ3v) is 6.92. The van der Waals surface area contributed by atoms with E-state index in [4.69, 9.17) is 0 Å². The number of hydrogen-bond acceptors (Lipinski definition) is 2. The van der Waals surface area contributed by atoms with Crippen LogP contribution in [-0.2, 0) is 9.59 Å². The number of allylic oxidation sites excluding steroid dienone is 4. The van der Waals surface area contributed by atoms with Crippen LogP contribution in [0, 0.1) is 46.3 Å². The molecule has 1 aliphatic heterocycles. The van der Waals surface area contributed by atoms with Crippen LogP contribution >= 0.6 is 0 Å². The van der Waals surface area contributed by atoms with E-state index in [-0.39, 0.29) is 22.6 Å². The first-order chi connectivity index (χ1) is 8.25. The number of carbonyl (C=O) groups is 2. The van der Waals surface area contributed by atoms with E-state index in [9.17, 15) is 9.59 Å². The Balaban J connectivity index is 1.86. The lowest BCUT2D eigenvalue weighted by Gasteiger charge is -2.43. The van der Waals surface area contributed by atoms with Crippen LogP contribution in [0.1, 0.15) is 0 Å². The smallest absolute Gasteiger partial charge is 0.235 e. The lowest BCUT2D eigenvalue weighted by atomic mass is 9.54. The van der Waals surface area contributed by atoms with Gasteiger partial charge in [-0.25, -0.2) is 0 Å². The van der Waals surface area contributed by atoms with Crippen molar-refractivity contribution in [3.8, 4) is 0 Å². The van der Waals surface area contributed by atoms with Crippen LogP contribution < -0.4 is 5.32 Å². The zero-order chi connectivity index (χ0) is 11.2. The molecule has 17 heavy (non-hydrogen) atoms. The molecule has 2 spiro atoms. The predicted octanol–water partition coefficient (Wildman–Crippen LogP) is 0.493. The molecule has 1 N–H and O–H groups in total. The van der Waals surface area contributed by atoms with Crippen molar-refractivity contribution in [3.05, 3.63) is 24.3 Å². The number of nitrogens with one attached hydrogen (secondary N) is 1. The molecule has 6 aliphatic carbocycles. The van der Waals surface area contributed by atoms with Gasteiger partial charge in [-0.3, -0.25) is 14.9 Å². The van der Waals surface area contributed by atoms with Gasteiger partial charge in [-0.2, -0.15) is 0 Å². The fourth-order valence-electron chi connectivity index (χ4n) is 7.06. The monoisotopic (exact) mass is 225 g/mol. The van der Waals surface area contributed by atoms with E-state index in [2.05, 4.69) is 29.6 Å². The molecule has 0 radical (unpaired) electrons. The van der Waals surface area contributed by atoms with Gasteiger partial charge in [-0.15, -0.1) is 0 Å². The van der Waals surface area contributed by atoms with Crippen molar-refractivity contribution < 1.29 is 9.59 Å². The van der Waals surface area contributed by atoms with Gasteiger partial charge in [0.05, 0.1) is 10.8 Å². The number of amides is 2. The zero-order valence-electron chi connectivity index (χ0n) is 9.09. The van der Waals surface area contributed by atoms with Crippen molar-refractivity contribution in [1.29, 1.82) is 0 Å². The van der Waals surface area contributed by atoms with Gasteiger partial charge in [0, 0.05) is 0 Å². The van der Waals surface area contributed by atoms with Gasteiger partial charge in [0.2, 0.25) is 11.8 Å². The molecular weight excluding hydrogens is 214 g/mol. The average Bonchev–Trinajstić information content (AvgIpc) is 3.06. The maximum absolute atomic E-state index is 12.5. The predicted molar refractivity (Wildman–Crippen MR) is 57.2 cm³/mol. The highest BCUT2D eigenvalue weighted by Crippen LogP contribution is 2.90. The summed E-state index contributed by atoms with van der Waals surface area (Å²) < 4.78 is 0. The first kappa shape index (κ1) is 7.85. The summed E-state index contributed by atoms with van der Waals surface area (Å²) in [5.41, 5.74) is -0.753. The molecule has 7 rings (SSSR count). The summed E-state index contributed by atoms with van der Waals surface area (Å²) in [6, 6.07) is 0. The van der Waals surface area contributed by atoms with Crippen LogP contribution in [0.5, 0.6) is 0 Å². The summed E-state index contributed by atoms with van der Waals surface area (Å²) >= 11 is 0. The number of imide groups is 1. The summed E-state index contributed by atoms with van der Waals surface area (Å²) in [7, 11) is 0. The van der Waals surface area contributed by atoms with Gasteiger partial charge in [-0.1, -0.05) is 24.3 Å². The molecule has 1 heterocycles. The Morgan fingerprint density at radius 2 is 1.12 bits per heavy atom. The maximum Gasteiger partial charge on any atom is 0.235 e. The fraction of sp³-hybridized carbons (Fsp3) is 0.571. The SMILES string of the molecule is O=C1NC(=O)C23[C@@H]4C=C[C@H]5C4C4[C@@H](C=C[C@@H]42)C153. The lowest BCUT2D eigenvalue weighted by molar-refractivity contribution is -0.137. The lowest BCUT2D eigenvalue weighted by Crippen LogP contribution is -2.50. The van der Waals surface area contributed by atoms with Crippen LogP contribution in [0.2, 0.25) is 0 Å². The van der Waals surface area contributed by atoms with Crippen LogP contribution in [-0.4, -0.2) is 11.8 Å². The minimum atomic E-state index is -0.377. The van der Waals surface area contributed by atoms with Gasteiger partial charge in [0.1, 0.15) is 0 Å². The van der Waals surface area contributed by atoms with Crippen molar-refractivity contribution in [2.24, 2.45) is 46.3 Å². The molecule has 8 bridgehead atoms. The van der Waals surface area contributed by atoms with Crippen molar-refractivity contribution in [2.45, 2.75) is 0 Å². The zero-order valence-corrected chi connectivity index (χ0v) is 9.09. The Morgan fingerprint density at radius 3 is 1.47 bits per heavy atom. The van der Waals surface area contributed by atoms with Gasteiger partial charge < -0.3 is 0 Å². The Morgan fingerprint density at radius 1 is 0.765 bits per heavy atom. The number of carbonyl (C=O) groups excluding carboxylic acids is 2. The molecule has 2 amide bonds. The third-order valence-electron chi connectivity index (χ3n) is 6.92. The highest BCUT2D eigenvalue weighted by atomic mass is 16.2. The normalized spacial score (nSPS) is 69.9. The largest absolute Gasteiger partial charge is 0.295 e. The van der Waals surface area contributed by atoms with E-state index in [1.807, 2.05) is 0 Å². The summed E-state index contributed by atoms with van der Waals surface area (Å²) in [6.07, 6.45) is 8.92. The van der Waals surface area contributed by atoms with Crippen LogP contribution in [0.25, 0.3) is 0 Å². The second-order valence-corrected chi connectivity index (χ2v) is 6.55. The summed E-state index contributed by atoms with van der Waals surface area (Å²) in [5.74, 6) is 2.59. The van der Waals surface area contributed by atoms with Crippen molar-refractivity contribution in [1.82, 2.24) is 5.32 Å². The minimum Gasteiger partial charge on any atom is -0.295 e. The van der Waals surface area contributed by atoms with Crippen molar-refractivity contribution in [2.75, 3.05) is 0 Å². The Bertz CT molecular complexity index is 521. The average molecular weight is 225 g/mol. The third kappa shape index (κ3) is 0.386. The number of hydrogen-bond donors (Lipinski definition) is 1. The molecule has 0 aromatic rings. The van der Waals surface area contributed by atoms with E-state index in [0.29, 0.717) is 35.5 Å². The summed E-state index contributed by atoms with van der Waals surface area (Å²) in [6.45, 7) is 0. The van der Waals surface area contributed by atoms with Gasteiger partial charge in [0.15, 0.2) is 0 Å². The summed E-state index contributed by atoms with van der Waals surface area (Å²) in [4.78, 5) is 24.9. The van der Waals surface area contributed by atoms with Crippen molar-refractivity contribution >= 4 is 11.8 Å². The van der Waals surface area contributed by atoms with Gasteiger partial charge in [0.25, 0.3) is 0 Å². The van der Waals surface area contributed by atoms with Gasteiger partial charge >= 0.3 is 0 Å². The Hall–Kier alpha value is -1.38. The van der Waals surface area contributed by atoms with Crippen LogP contribution in [0.3, 0.4) is 0 Å². The molecular formula is C14H11NO2. The van der Waals surface area contributed by atoms with E-state index < -0.39 is 0 Å². The standard InChI is InChI=1S/C14H11NO2/c16-11-13-5-1-2-6-9(5)10-7(13)3-4-8(10)14(6,13)12(17)15-11/h1-10H,(H,15,16,17)/t5-,6+,7+,8-,9?,10?,13?,14?. The molecule has 4 unspecified atom stereocenters. The molecule has 1 saturated heterocycles. The molecule has 0 aromatic carbocycles. The number of rotatable bonds is 0. The molecule has 8 atom stereocenters. The van der Waals surface area contributed by atoms with E-state index >= 15 is 0 Å². The quantitative estimate of drug-likeness (QED) is 0.482. The van der Waals surface area contributed by atoms with E-state index in [1.165, 1.54) is 0 Å².